The molecule has 7 nitrogen and oxygen atoms in total. The van der Waals surface area contributed by atoms with Gasteiger partial charge in [-0.05, 0) is 12.8 Å². The third-order valence-corrected chi connectivity index (χ3v) is 5.57. The molecule has 0 atom stereocenters. The maximum absolute atomic E-state index is 13.1. The third kappa shape index (κ3) is 9.06. The van der Waals surface area contributed by atoms with Gasteiger partial charge in [0.25, 0.3) is 10.1 Å². The van der Waals surface area contributed by atoms with E-state index in [1.54, 1.807) is 0 Å². The number of carbonyl (C=O) groups is 2. The van der Waals surface area contributed by atoms with Crippen molar-refractivity contribution in [3.8, 4) is 0 Å². The number of halogens is 12. The van der Waals surface area contributed by atoms with Crippen LogP contribution in [-0.2, 0) is 29.2 Å². The Kier molecular flexibility index (Phi) is 11.2. The lowest BCUT2D eigenvalue weighted by atomic mass is 9.98. The van der Waals surface area contributed by atoms with Gasteiger partial charge < -0.3 is 9.47 Å². The van der Waals surface area contributed by atoms with Crippen LogP contribution in [0.15, 0.2) is 0 Å². The number of alkyl halides is 12. The third-order valence-electron chi connectivity index (χ3n) is 4.80. The van der Waals surface area contributed by atoms with Crippen molar-refractivity contribution < 1.29 is 84.7 Å². The van der Waals surface area contributed by atoms with Gasteiger partial charge in [0, 0.05) is 19.3 Å². The zero-order valence-corrected chi connectivity index (χ0v) is 19.3. The van der Waals surface area contributed by atoms with Gasteiger partial charge in [-0.2, -0.15) is 61.1 Å². The van der Waals surface area contributed by atoms with Gasteiger partial charge in [0.2, 0.25) is 0 Å². The fourth-order valence-corrected chi connectivity index (χ4v) is 3.76. The Morgan fingerprint density at radius 1 is 0.622 bits per heavy atom. The van der Waals surface area contributed by atoms with Gasteiger partial charge in [0.1, 0.15) is 5.75 Å². The zero-order chi connectivity index (χ0) is 29.7. The number of carbonyl (C=O) groups excluding carboxylic acids is 2. The molecule has 0 aromatic heterocycles. The molecule has 220 valence electrons. The van der Waals surface area contributed by atoms with E-state index in [2.05, 4.69) is 9.47 Å². The molecule has 0 unspecified atom stereocenters. The molecule has 0 radical (unpaired) electrons. The molecule has 0 aromatic rings. The second-order valence-corrected chi connectivity index (χ2v) is 9.04. The van der Waals surface area contributed by atoms with E-state index in [4.69, 9.17) is 4.55 Å². The lowest BCUT2D eigenvalue weighted by Gasteiger charge is -2.35. The normalized spacial score (nSPS) is 14.4. The molecule has 0 saturated heterocycles. The van der Waals surface area contributed by atoms with Crippen molar-refractivity contribution in [2.45, 2.75) is 87.8 Å². The van der Waals surface area contributed by atoms with Crippen molar-refractivity contribution >= 4 is 22.1 Å². The van der Waals surface area contributed by atoms with Crippen molar-refractivity contribution in [2.75, 3.05) is 5.75 Å². The summed E-state index contributed by atoms with van der Waals surface area (Å²) in [5.41, 5.74) is -10.3. The van der Waals surface area contributed by atoms with Crippen LogP contribution in [0.25, 0.3) is 0 Å². The first-order chi connectivity index (χ1) is 16.3. The molecule has 0 amide bonds. The predicted molar refractivity (Wildman–Crippen MR) is 96.3 cm³/mol. The van der Waals surface area contributed by atoms with Gasteiger partial charge in [0.15, 0.2) is 0 Å². The molecule has 0 aromatic carbocycles. The molecule has 0 rings (SSSR count). The largest absolute Gasteiger partial charge is 0.439 e. The van der Waals surface area contributed by atoms with Crippen molar-refractivity contribution in [1.82, 2.24) is 0 Å². The summed E-state index contributed by atoms with van der Waals surface area (Å²) >= 11 is 0. The van der Waals surface area contributed by atoms with Crippen LogP contribution in [0.4, 0.5) is 52.7 Å². The minimum atomic E-state index is -6.52. The molecule has 0 heterocycles. The van der Waals surface area contributed by atoms with E-state index in [1.165, 1.54) is 0 Å². The first-order valence-electron chi connectivity index (χ1n) is 9.92. The topological polar surface area (TPSA) is 107 Å². The van der Waals surface area contributed by atoms with Crippen molar-refractivity contribution in [2.24, 2.45) is 0 Å². The fourth-order valence-electron chi connectivity index (χ4n) is 2.86. The van der Waals surface area contributed by atoms with Gasteiger partial charge in [-0.1, -0.05) is 19.8 Å². The highest BCUT2D eigenvalue weighted by Crippen LogP contribution is 2.49. The summed E-state index contributed by atoms with van der Waals surface area (Å²) in [5, 5.41) is 0. The van der Waals surface area contributed by atoms with Crippen LogP contribution in [0.5, 0.6) is 0 Å². The number of hydrogen-bond donors (Lipinski definition) is 1. The number of hydrogen-bond acceptors (Lipinski definition) is 6. The molecule has 37 heavy (non-hydrogen) atoms. The smallest absolute Gasteiger partial charge is 0.438 e. The van der Waals surface area contributed by atoms with E-state index < -0.39 is 95.8 Å². The van der Waals surface area contributed by atoms with Crippen molar-refractivity contribution in [3.63, 3.8) is 0 Å². The van der Waals surface area contributed by atoms with E-state index in [-0.39, 0.29) is 12.8 Å². The Bertz CT molecular complexity index is 860. The van der Waals surface area contributed by atoms with E-state index in [0.29, 0.717) is 6.92 Å². The van der Waals surface area contributed by atoms with Gasteiger partial charge >= 0.3 is 47.8 Å². The monoisotopic (exact) mass is 596 g/mol. The molecule has 0 aliphatic heterocycles. The lowest BCUT2D eigenvalue weighted by molar-refractivity contribution is -0.370. The summed E-state index contributed by atoms with van der Waals surface area (Å²) in [4.78, 5) is 23.1. The van der Waals surface area contributed by atoms with Gasteiger partial charge in [-0.15, -0.1) is 0 Å². The van der Waals surface area contributed by atoms with Crippen LogP contribution < -0.4 is 0 Å². The van der Waals surface area contributed by atoms with Gasteiger partial charge in [0.05, 0.1) is 0 Å². The van der Waals surface area contributed by atoms with Crippen LogP contribution >= 0.6 is 0 Å². The number of ether oxygens (including phenoxy) is 2. The summed E-state index contributed by atoms with van der Waals surface area (Å²) in [6.07, 6.45) is -30.3. The van der Waals surface area contributed by atoms with Crippen LogP contribution in [-0.4, -0.2) is 66.6 Å². The van der Waals surface area contributed by atoms with Crippen molar-refractivity contribution in [1.29, 1.82) is 0 Å². The summed E-state index contributed by atoms with van der Waals surface area (Å²) in [5.74, 6) is -7.14. The molecular formula is C17H20F12O7S. The number of rotatable bonds is 12. The van der Waals surface area contributed by atoms with Crippen LogP contribution in [0, 0.1) is 0 Å². The molecule has 20 heteroatoms. The molecule has 0 bridgehead atoms. The summed E-state index contributed by atoms with van der Waals surface area (Å²) in [7, 11) is -5.97. The summed E-state index contributed by atoms with van der Waals surface area (Å²) < 4.78 is 193. The van der Waals surface area contributed by atoms with Crippen LogP contribution in [0.3, 0.4) is 0 Å². The Balaban J connectivity index is 5.01. The minimum absolute atomic E-state index is 0.242. The minimum Gasteiger partial charge on any atom is -0.439 e. The Morgan fingerprint density at radius 2 is 0.919 bits per heavy atom. The first kappa shape index (κ1) is 35.0. The zero-order valence-electron chi connectivity index (χ0n) is 18.5. The van der Waals surface area contributed by atoms with Crippen LogP contribution in [0.1, 0.15) is 51.9 Å². The van der Waals surface area contributed by atoms with E-state index >= 15 is 0 Å². The summed E-state index contributed by atoms with van der Waals surface area (Å²) in [6, 6.07) is 0. The second-order valence-electron chi connectivity index (χ2n) is 7.59. The molecule has 1 N–H and O–H groups in total. The second kappa shape index (κ2) is 11.8. The lowest BCUT2D eigenvalue weighted by Crippen LogP contribution is -2.63. The van der Waals surface area contributed by atoms with E-state index in [9.17, 15) is 70.7 Å². The average molecular weight is 596 g/mol. The maximum atomic E-state index is 13.1. The number of unbranched alkanes of at least 4 members (excludes halogenated alkanes) is 3. The molecular weight excluding hydrogens is 576 g/mol. The SMILES string of the molecule is CCC(OC(=O)CCCCCCC(=O)OC(CS(=O)(=O)O)(C(F)(F)F)C(F)(F)F)(C(F)(F)F)C(F)(F)F. The molecule has 0 saturated carbocycles. The Hall–Kier alpha value is -1.99. The van der Waals surface area contributed by atoms with Gasteiger partial charge in [-0.25, -0.2) is 0 Å². The highest BCUT2D eigenvalue weighted by molar-refractivity contribution is 7.85. The Labute approximate surface area is 201 Å². The molecule has 0 spiro atoms. The summed E-state index contributed by atoms with van der Waals surface area (Å²) in [6.45, 7) is 0.482. The highest BCUT2D eigenvalue weighted by atomic mass is 32.2. The number of esters is 2. The molecule has 0 aliphatic rings. The fraction of sp³-hybridized carbons (Fsp3) is 0.882. The van der Waals surface area contributed by atoms with Crippen LogP contribution in [0.2, 0.25) is 0 Å². The quantitative estimate of drug-likeness (QED) is 0.139. The Morgan fingerprint density at radius 3 is 1.16 bits per heavy atom. The standard InChI is InChI=1S/C17H20F12O7S/c1-2-12(14(18,19)20,15(21,22)23)35-10(30)7-5-3-4-6-8-11(31)36-13(16(24,25)26,17(27,28)29)9-37(32,33)34/h2-9H2,1H3,(H,32,33,34). The highest BCUT2D eigenvalue weighted by Gasteiger charge is 2.76. The van der Waals surface area contributed by atoms with E-state index in [0.717, 1.165) is 0 Å². The van der Waals surface area contributed by atoms with E-state index in [1.807, 2.05) is 0 Å². The molecule has 0 aliphatic carbocycles. The van der Waals surface area contributed by atoms with Gasteiger partial charge in [-0.3, -0.25) is 14.1 Å². The molecule has 0 fully saturated rings. The predicted octanol–water partition coefficient (Wildman–Crippen LogP) is 5.44. The van der Waals surface area contributed by atoms with Crippen molar-refractivity contribution in [3.05, 3.63) is 0 Å². The first-order valence-corrected chi connectivity index (χ1v) is 11.5. The average Bonchev–Trinajstić information content (AvgIpc) is 2.63. The maximum Gasteiger partial charge on any atom is 0.438 e.